The first kappa shape index (κ1) is 12.0. The summed E-state index contributed by atoms with van der Waals surface area (Å²) in [6.45, 7) is 3.63. The molecule has 0 saturated heterocycles. The molecule has 0 spiro atoms. The highest BCUT2D eigenvalue weighted by atomic mass is 35.5. The molecule has 0 radical (unpaired) electrons. The molecular weight excluding hydrogens is 214 g/mol. The van der Waals surface area contributed by atoms with Crippen molar-refractivity contribution in [1.29, 1.82) is 0 Å². The van der Waals surface area contributed by atoms with E-state index in [1.54, 1.807) is 27.0 Å². The predicted molar refractivity (Wildman–Crippen MR) is 60.8 cm³/mol. The average molecular weight is 228 g/mol. The highest BCUT2D eigenvalue weighted by molar-refractivity contribution is 6.32. The zero-order valence-corrected chi connectivity index (χ0v) is 9.77. The molecule has 0 aliphatic rings. The van der Waals surface area contributed by atoms with Gasteiger partial charge >= 0.3 is 0 Å². The Morgan fingerprint density at radius 1 is 1.53 bits per heavy atom. The fraction of sp³-hybridized carbons (Fsp3) is 0.364. The molecule has 4 heteroatoms. The van der Waals surface area contributed by atoms with Gasteiger partial charge in [-0.05, 0) is 38.1 Å². The molecule has 0 saturated carbocycles. The van der Waals surface area contributed by atoms with Crippen LogP contribution in [0.1, 0.15) is 21.5 Å². The van der Waals surface area contributed by atoms with Gasteiger partial charge in [-0.15, -0.1) is 0 Å². The second kappa shape index (κ2) is 4.64. The van der Waals surface area contributed by atoms with Gasteiger partial charge in [0.25, 0.3) is 0 Å². The van der Waals surface area contributed by atoms with Crippen LogP contribution in [0.25, 0.3) is 0 Å². The molecule has 0 aromatic heterocycles. The lowest BCUT2D eigenvalue weighted by Gasteiger charge is -2.11. The zero-order chi connectivity index (χ0) is 11.6. The molecule has 0 aliphatic carbocycles. The highest BCUT2D eigenvalue weighted by Crippen LogP contribution is 2.31. The summed E-state index contributed by atoms with van der Waals surface area (Å²) >= 11 is 5.95. The molecule has 0 unspecified atom stereocenters. The fourth-order valence-electron chi connectivity index (χ4n) is 1.45. The zero-order valence-electron chi connectivity index (χ0n) is 9.02. The molecule has 0 aliphatic heterocycles. The Bertz CT molecular complexity index is 376. The SMILES string of the molecule is CNCC(=O)c1c(C)c(Cl)cc(C)c1O. The molecular formula is C11H14ClNO2. The summed E-state index contributed by atoms with van der Waals surface area (Å²) in [5.74, 6) is -0.129. The summed E-state index contributed by atoms with van der Waals surface area (Å²) in [4.78, 5) is 11.7. The van der Waals surface area contributed by atoms with Crippen LogP contribution in [-0.4, -0.2) is 24.5 Å². The van der Waals surface area contributed by atoms with E-state index in [1.165, 1.54) is 0 Å². The minimum Gasteiger partial charge on any atom is -0.507 e. The normalized spacial score (nSPS) is 10.4. The van der Waals surface area contributed by atoms with Crippen molar-refractivity contribution in [3.8, 4) is 5.75 Å². The molecule has 1 aromatic carbocycles. The summed E-state index contributed by atoms with van der Waals surface area (Å²) in [6.07, 6.45) is 0. The van der Waals surface area contributed by atoms with Crippen LogP contribution in [-0.2, 0) is 0 Å². The Morgan fingerprint density at radius 2 is 2.13 bits per heavy atom. The summed E-state index contributed by atoms with van der Waals surface area (Å²) in [6, 6.07) is 1.66. The molecule has 0 bridgehead atoms. The lowest BCUT2D eigenvalue weighted by Crippen LogP contribution is -2.19. The van der Waals surface area contributed by atoms with Crippen LogP contribution in [0.15, 0.2) is 6.07 Å². The minimum atomic E-state index is -0.155. The van der Waals surface area contributed by atoms with E-state index in [-0.39, 0.29) is 18.1 Å². The van der Waals surface area contributed by atoms with Crippen LogP contribution >= 0.6 is 11.6 Å². The molecule has 15 heavy (non-hydrogen) atoms. The van der Waals surface area contributed by atoms with Crippen molar-refractivity contribution in [1.82, 2.24) is 5.32 Å². The van der Waals surface area contributed by atoms with Crippen molar-refractivity contribution in [2.24, 2.45) is 0 Å². The van der Waals surface area contributed by atoms with Crippen LogP contribution in [0.4, 0.5) is 0 Å². The maximum Gasteiger partial charge on any atom is 0.180 e. The number of halogens is 1. The van der Waals surface area contributed by atoms with E-state index in [0.717, 1.165) is 0 Å². The first-order chi connectivity index (χ1) is 6.99. The number of Topliss-reactive ketones (excluding diaryl/α,β-unsaturated/α-hetero) is 1. The van der Waals surface area contributed by atoms with Crippen molar-refractivity contribution in [3.63, 3.8) is 0 Å². The molecule has 1 rings (SSSR count). The monoisotopic (exact) mass is 227 g/mol. The summed E-state index contributed by atoms with van der Waals surface area (Å²) in [7, 11) is 1.68. The summed E-state index contributed by atoms with van der Waals surface area (Å²) in [5, 5.41) is 13.1. The largest absolute Gasteiger partial charge is 0.507 e. The van der Waals surface area contributed by atoms with Crippen molar-refractivity contribution in [3.05, 3.63) is 27.8 Å². The van der Waals surface area contributed by atoms with Gasteiger partial charge in [0.15, 0.2) is 5.78 Å². The molecule has 2 N–H and O–H groups in total. The van der Waals surface area contributed by atoms with Crippen LogP contribution in [0.3, 0.4) is 0 Å². The Balaban J connectivity index is 3.32. The maximum atomic E-state index is 11.7. The van der Waals surface area contributed by atoms with Gasteiger partial charge in [-0.2, -0.15) is 0 Å². The smallest absolute Gasteiger partial charge is 0.180 e. The Morgan fingerprint density at radius 3 is 2.67 bits per heavy atom. The molecule has 82 valence electrons. The third-order valence-corrected chi connectivity index (χ3v) is 2.70. The van der Waals surface area contributed by atoms with Gasteiger partial charge in [0.2, 0.25) is 0 Å². The number of benzene rings is 1. The third-order valence-electron chi connectivity index (χ3n) is 2.30. The van der Waals surface area contributed by atoms with E-state index in [0.29, 0.717) is 21.7 Å². The van der Waals surface area contributed by atoms with Crippen LogP contribution in [0, 0.1) is 13.8 Å². The van der Waals surface area contributed by atoms with Crippen LogP contribution < -0.4 is 5.32 Å². The number of carbonyl (C=O) groups excluding carboxylic acids is 1. The van der Waals surface area contributed by atoms with Crippen molar-refractivity contribution in [2.75, 3.05) is 13.6 Å². The number of likely N-dealkylation sites (N-methyl/N-ethyl adjacent to an activating group) is 1. The van der Waals surface area contributed by atoms with Crippen LogP contribution in [0.2, 0.25) is 5.02 Å². The van der Waals surface area contributed by atoms with Gasteiger partial charge in [0.05, 0.1) is 12.1 Å². The predicted octanol–water partition coefficient (Wildman–Crippen LogP) is 2.06. The van der Waals surface area contributed by atoms with Gasteiger partial charge in [0, 0.05) is 5.02 Å². The van der Waals surface area contributed by atoms with Gasteiger partial charge in [-0.1, -0.05) is 11.6 Å². The minimum absolute atomic E-state index is 0.0251. The number of hydrogen-bond acceptors (Lipinski definition) is 3. The number of aromatic hydroxyl groups is 1. The third kappa shape index (κ3) is 2.30. The maximum absolute atomic E-state index is 11.7. The first-order valence-corrected chi connectivity index (χ1v) is 5.03. The highest BCUT2D eigenvalue weighted by Gasteiger charge is 2.17. The Labute approximate surface area is 94.1 Å². The number of phenolic OH excluding ortho intramolecular Hbond substituents is 1. The first-order valence-electron chi connectivity index (χ1n) is 4.65. The van der Waals surface area contributed by atoms with E-state index >= 15 is 0 Å². The summed E-state index contributed by atoms with van der Waals surface area (Å²) in [5.41, 5.74) is 1.56. The van der Waals surface area contributed by atoms with Gasteiger partial charge in [-0.3, -0.25) is 4.79 Å². The van der Waals surface area contributed by atoms with Crippen molar-refractivity contribution >= 4 is 17.4 Å². The standard InChI is InChI=1S/C11H14ClNO2/c1-6-4-8(12)7(2)10(11(6)15)9(14)5-13-3/h4,13,15H,5H2,1-3H3. The van der Waals surface area contributed by atoms with E-state index in [2.05, 4.69) is 5.32 Å². The molecule has 0 amide bonds. The van der Waals surface area contributed by atoms with Crippen molar-refractivity contribution < 1.29 is 9.90 Å². The number of nitrogens with one attached hydrogen (secondary N) is 1. The number of hydrogen-bond donors (Lipinski definition) is 2. The Hall–Kier alpha value is -1.06. The van der Waals surface area contributed by atoms with Crippen LogP contribution in [0.5, 0.6) is 5.75 Å². The Kier molecular flexibility index (Phi) is 3.72. The van der Waals surface area contributed by atoms with E-state index < -0.39 is 0 Å². The quantitative estimate of drug-likeness (QED) is 0.778. The fourth-order valence-corrected chi connectivity index (χ4v) is 1.71. The lowest BCUT2D eigenvalue weighted by molar-refractivity contribution is 0.0990. The molecule has 0 atom stereocenters. The average Bonchev–Trinajstić information content (AvgIpc) is 2.16. The van der Waals surface area contributed by atoms with Gasteiger partial charge in [0.1, 0.15) is 5.75 Å². The van der Waals surface area contributed by atoms with Gasteiger partial charge in [-0.25, -0.2) is 0 Å². The topological polar surface area (TPSA) is 49.3 Å². The summed E-state index contributed by atoms with van der Waals surface area (Å²) < 4.78 is 0. The number of rotatable bonds is 3. The van der Waals surface area contributed by atoms with Crippen molar-refractivity contribution in [2.45, 2.75) is 13.8 Å². The molecule has 0 heterocycles. The van der Waals surface area contributed by atoms with Gasteiger partial charge < -0.3 is 10.4 Å². The molecule has 3 nitrogen and oxygen atoms in total. The van der Waals surface area contributed by atoms with E-state index in [9.17, 15) is 9.90 Å². The number of phenols is 1. The van der Waals surface area contributed by atoms with E-state index in [1.807, 2.05) is 0 Å². The molecule has 1 aromatic rings. The lowest BCUT2D eigenvalue weighted by atomic mass is 10.00. The number of aryl methyl sites for hydroxylation is 1. The molecule has 0 fully saturated rings. The number of ketones is 1. The second-order valence-corrected chi connectivity index (χ2v) is 3.88. The number of carbonyl (C=O) groups is 1. The second-order valence-electron chi connectivity index (χ2n) is 3.48. The van der Waals surface area contributed by atoms with E-state index in [4.69, 9.17) is 11.6 Å².